The van der Waals surface area contributed by atoms with Gasteiger partial charge in [0.2, 0.25) is 0 Å². The normalized spacial score (nSPS) is 36.0. The van der Waals surface area contributed by atoms with Gasteiger partial charge in [0.25, 0.3) is 0 Å². The van der Waals surface area contributed by atoms with E-state index in [9.17, 15) is 0 Å². The predicted molar refractivity (Wildman–Crippen MR) is 72.0 cm³/mol. The molecule has 96 valence electrons. The van der Waals surface area contributed by atoms with E-state index >= 15 is 0 Å². The van der Waals surface area contributed by atoms with Crippen LogP contribution in [0.2, 0.25) is 0 Å². The summed E-state index contributed by atoms with van der Waals surface area (Å²) in [6, 6.07) is 0.454. The Bertz CT molecular complexity index is 198. The van der Waals surface area contributed by atoms with Crippen molar-refractivity contribution in [2.75, 3.05) is 19.6 Å². The molecule has 2 unspecified atom stereocenters. The summed E-state index contributed by atoms with van der Waals surface area (Å²) < 4.78 is 0. The van der Waals surface area contributed by atoms with Gasteiger partial charge in [0.1, 0.15) is 0 Å². The molecule has 3 atom stereocenters. The molecule has 1 saturated carbocycles. The van der Waals surface area contributed by atoms with Crippen molar-refractivity contribution in [3.05, 3.63) is 0 Å². The van der Waals surface area contributed by atoms with E-state index in [0.29, 0.717) is 6.04 Å². The van der Waals surface area contributed by atoms with E-state index in [2.05, 4.69) is 11.8 Å². The monoisotopic (exact) mass is 246 g/mol. The molecule has 0 amide bonds. The maximum Gasteiger partial charge on any atom is 0.0180 e. The van der Waals surface area contributed by atoms with Gasteiger partial charge in [0, 0.05) is 19.1 Å². The van der Waals surface area contributed by atoms with Crippen molar-refractivity contribution in [2.45, 2.75) is 51.5 Å². The van der Waals surface area contributed by atoms with Crippen LogP contribution in [0.1, 0.15) is 45.4 Å². The molecule has 2 rings (SSSR count). The van der Waals surface area contributed by atoms with Crippen molar-refractivity contribution < 1.29 is 0 Å². The number of nitrogens with two attached hydrogens (primary N) is 1. The lowest BCUT2D eigenvalue weighted by Gasteiger charge is -2.31. The molecule has 1 heterocycles. The largest absolute Gasteiger partial charge is 0.326 e. The summed E-state index contributed by atoms with van der Waals surface area (Å²) in [7, 11) is 0. The Kier molecular flexibility index (Phi) is 6.09. The van der Waals surface area contributed by atoms with Crippen molar-refractivity contribution in [1.29, 1.82) is 0 Å². The summed E-state index contributed by atoms with van der Waals surface area (Å²) >= 11 is 0. The van der Waals surface area contributed by atoms with Gasteiger partial charge in [-0.05, 0) is 37.6 Å². The van der Waals surface area contributed by atoms with Crippen molar-refractivity contribution in [1.82, 2.24) is 4.90 Å². The maximum atomic E-state index is 5.94. The van der Waals surface area contributed by atoms with Crippen LogP contribution in [0, 0.1) is 11.8 Å². The van der Waals surface area contributed by atoms with Gasteiger partial charge in [-0.3, -0.25) is 0 Å². The van der Waals surface area contributed by atoms with Crippen LogP contribution in [0.5, 0.6) is 0 Å². The van der Waals surface area contributed by atoms with Gasteiger partial charge in [0.15, 0.2) is 0 Å². The number of hydrogen-bond acceptors (Lipinski definition) is 2. The third-order valence-corrected chi connectivity index (χ3v) is 4.29. The summed E-state index contributed by atoms with van der Waals surface area (Å²) in [5.74, 6) is 1.98. The van der Waals surface area contributed by atoms with Gasteiger partial charge in [0.05, 0.1) is 0 Å². The molecule has 1 aliphatic carbocycles. The van der Waals surface area contributed by atoms with E-state index in [1.807, 2.05) is 0 Å². The second kappa shape index (κ2) is 6.83. The lowest BCUT2D eigenvalue weighted by molar-refractivity contribution is 0.192. The fourth-order valence-electron chi connectivity index (χ4n) is 3.33. The number of hydrogen-bond donors (Lipinski definition) is 1. The molecule has 1 aliphatic heterocycles. The Morgan fingerprint density at radius 2 is 1.94 bits per heavy atom. The van der Waals surface area contributed by atoms with Crippen LogP contribution in [0.25, 0.3) is 0 Å². The van der Waals surface area contributed by atoms with Crippen LogP contribution < -0.4 is 5.73 Å². The molecule has 0 aromatic rings. The standard InChI is InChI=1S/C13H26N2.ClH/c1-2-11-4-3-5-12(8-11)9-15-7-6-13(14)10-15;/h11-13H,2-10,14H2,1H3;1H/t11?,12?,13-;/m1./s1. The van der Waals surface area contributed by atoms with E-state index in [1.165, 1.54) is 51.6 Å². The lowest BCUT2D eigenvalue weighted by Crippen LogP contribution is -2.32. The quantitative estimate of drug-likeness (QED) is 0.830. The summed E-state index contributed by atoms with van der Waals surface area (Å²) in [6.07, 6.45) is 8.47. The highest BCUT2D eigenvalue weighted by Gasteiger charge is 2.25. The first-order valence-corrected chi connectivity index (χ1v) is 6.76. The number of likely N-dealkylation sites (tertiary alicyclic amines) is 1. The summed E-state index contributed by atoms with van der Waals surface area (Å²) in [5.41, 5.74) is 5.94. The topological polar surface area (TPSA) is 29.3 Å². The number of nitrogens with zero attached hydrogens (tertiary/aromatic N) is 1. The van der Waals surface area contributed by atoms with Gasteiger partial charge in [-0.2, -0.15) is 0 Å². The fourth-order valence-corrected chi connectivity index (χ4v) is 3.33. The molecular formula is C13H27ClN2. The SMILES string of the molecule is CCC1CCCC(CN2CC[C@@H](N)C2)C1.Cl. The molecule has 0 aromatic carbocycles. The van der Waals surface area contributed by atoms with Crippen LogP contribution in [0.4, 0.5) is 0 Å². The summed E-state index contributed by atoms with van der Waals surface area (Å²) in [4.78, 5) is 2.59. The molecule has 0 bridgehead atoms. The van der Waals surface area contributed by atoms with Crippen LogP contribution in [-0.2, 0) is 0 Å². The highest BCUT2D eigenvalue weighted by molar-refractivity contribution is 5.85. The second-order valence-corrected chi connectivity index (χ2v) is 5.62. The Hall–Kier alpha value is 0.210. The molecule has 0 aromatic heterocycles. The van der Waals surface area contributed by atoms with Crippen molar-refractivity contribution in [2.24, 2.45) is 17.6 Å². The Morgan fingerprint density at radius 1 is 1.19 bits per heavy atom. The van der Waals surface area contributed by atoms with Crippen LogP contribution in [-0.4, -0.2) is 30.6 Å². The zero-order chi connectivity index (χ0) is 10.7. The second-order valence-electron chi connectivity index (χ2n) is 5.62. The number of halogens is 1. The molecule has 0 spiro atoms. The van der Waals surface area contributed by atoms with Crippen molar-refractivity contribution >= 4 is 12.4 Å². The van der Waals surface area contributed by atoms with Crippen molar-refractivity contribution in [3.63, 3.8) is 0 Å². The van der Waals surface area contributed by atoms with Crippen LogP contribution in [0.15, 0.2) is 0 Å². The molecule has 2 nitrogen and oxygen atoms in total. The minimum Gasteiger partial charge on any atom is -0.326 e. The first kappa shape index (κ1) is 14.3. The Morgan fingerprint density at radius 3 is 2.56 bits per heavy atom. The zero-order valence-electron chi connectivity index (χ0n) is 10.5. The minimum atomic E-state index is 0. The van der Waals surface area contributed by atoms with E-state index in [-0.39, 0.29) is 12.4 Å². The molecule has 2 fully saturated rings. The third-order valence-electron chi connectivity index (χ3n) is 4.29. The van der Waals surface area contributed by atoms with Crippen LogP contribution >= 0.6 is 12.4 Å². The molecule has 0 radical (unpaired) electrons. The molecule has 3 heteroatoms. The van der Waals surface area contributed by atoms with Gasteiger partial charge >= 0.3 is 0 Å². The van der Waals surface area contributed by atoms with Gasteiger partial charge in [-0.1, -0.05) is 26.2 Å². The van der Waals surface area contributed by atoms with Gasteiger partial charge < -0.3 is 10.6 Å². The highest BCUT2D eigenvalue weighted by atomic mass is 35.5. The van der Waals surface area contributed by atoms with Crippen molar-refractivity contribution in [3.8, 4) is 0 Å². The lowest BCUT2D eigenvalue weighted by atomic mass is 9.80. The Labute approximate surface area is 106 Å². The van der Waals surface area contributed by atoms with E-state index in [1.54, 1.807) is 0 Å². The first-order chi connectivity index (χ1) is 7.28. The molecule has 2 N–H and O–H groups in total. The van der Waals surface area contributed by atoms with E-state index < -0.39 is 0 Å². The third kappa shape index (κ3) is 3.90. The average Bonchev–Trinajstić information content (AvgIpc) is 2.64. The van der Waals surface area contributed by atoms with Gasteiger partial charge in [-0.25, -0.2) is 0 Å². The summed E-state index contributed by atoms with van der Waals surface area (Å²) in [5, 5.41) is 0. The maximum absolute atomic E-state index is 5.94. The molecule has 2 aliphatic rings. The highest BCUT2D eigenvalue weighted by Crippen LogP contribution is 2.31. The smallest absolute Gasteiger partial charge is 0.0180 e. The fraction of sp³-hybridized carbons (Fsp3) is 1.00. The van der Waals surface area contributed by atoms with Gasteiger partial charge in [-0.15, -0.1) is 12.4 Å². The van der Waals surface area contributed by atoms with E-state index in [4.69, 9.17) is 5.73 Å². The van der Waals surface area contributed by atoms with Crippen LogP contribution in [0.3, 0.4) is 0 Å². The molecule has 1 saturated heterocycles. The minimum absolute atomic E-state index is 0. The first-order valence-electron chi connectivity index (χ1n) is 6.76. The molecule has 16 heavy (non-hydrogen) atoms. The zero-order valence-corrected chi connectivity index (χ0v) is 11.3. The predicted octanol–water partition coefficient (Wildman–Crippen LogP) is 2.66. The molecular weight excluding hydrogens is 220 g/mol. The van der Waals surface area contributed by atoms with E-state index in [0.717, 1.165) is 18.4 Å². The number of rotatable bonds is 3. The summed E-state index contributed by atoms with van der Waals surface area (Å²) in [6.45, 7) is 6.06. The average molecular weight is 247 g/mol. The Balaban J connectivity index is 0.00000128.